The molecule has 0 fully saturated rings. The third kappa shape index (κ3) is 1.26. The van der Waals surface area contributed by atoms with Crippen LogP contribution in [0.1, 0.15) is 4.88 Å². The van der Waals surface area contributed by atoms with E-state index in [4.69, 9.17) is 13.0 Å². The molecule has 1 nitrogen and oxygen atoms in total. The Morgan fingerprint density at radius 2 is 2.17 bits per heavy atom. The molecule has 0 aliphatic heterocycles. The van der Waals surface area contributed by atoms with E-state index in [-0.39, 0.29) is 6.61 Å². The molecule has 58 valence electrons. The van der Waals surface area contributed by atoms with E-state index in [1.165, 1.54) is 0 Å². The van der Waals surface area contributed by atoms with Crippen LogP contribution in [0, 0.1) is 0 Å². The van der Waals surface area contributed by atoms with Gasteiger partial charge < -0.3 is 5.11 Å². The van der Waals surface area contributed by atoms with Gasteiger partial charge >= 0.3 is 0 Å². The number of hydrogen-bond donors (Lipinski definition) is 1. The van der Waals surface area contributed by atoms with Gasteiger partial charge in [-0.1, -0.05) is 23.7 Å². The molecule has 0 aliphatic rings. The predicted molar refractivity (Wildman–Crippen MR) is 53.1 cm³/mol. The summed E-state index contributed by atoms with van der Waals surface area (Å²) in [4.78, 5) is 0.982. The highest BCUT2D eigenvalue weighted by atomic mass is 32.1. The lowest BCUT2D eigenvalue weighted by atomic mass is 9.96. The van der Waals surface area contributed by atoms with Crippen molar-refractivity contribution in [2.45, 2.75) is 6.61 Å². The van der Waals surface area contributed by atoms with Crippen LogP contribution < -0.4 is 5.46 Å². The van der Waals surface area contributed by atoms with Gasteiger partial charge in [0.25, 0.3) is 0 Å². The Bertz CT molecular complexity index is 408. The molecule has 2 aromatic rings. The van der Waals surface area contributed by atoms with Crippen LogP contribution in [0.25, 0.3) is 10.1 Å². The largest absolute Gasteiger partial charge is 0.391 e. The van der Waals surface area contributed by atoms with E-state index in [2.05, 4.69) is 0 Å². The van der Waals surface area contributed by atoms with Crippen molar-refractivity contribution in [1.82, 2.24) is 0 Å². The van der Waals surface area contributed by atoms with Crippen LogP contribution in [-0.2, 0) is 6.61 Å². The molecular weight excluding hydrogens is 167 g/mol. The molecule has 1 aromatic carbocycles. The number of fused-ring (bicyclic) bond motifs is 1. The summed E-state index contributed by atoms with van der Waals surface area (Å²) in [5.74, 6) is 0. The molecule has 3 heteroatoms. The zero-order chi connectivity index (χ0) is 8.55. The third-order valence-corrected chi connectivity index (χ3v) is 2.83. The van der Waals surface area contributed by atoms with E-state index in [0.29, 0.717) is 0 Å². The SMILES string of the molecule is [B]c1ccc2cc(CO)sc2c1. The van der Waals surface area contributed by atoms with Gasteiger partial charge in [-0.2, -0.15) is 0 Å². The summed E-state index contributed by atoms with van der Waals surface area (Å²) < 4.78 is 1.14. The lowest BCUT2D eigenvalue weighted by Crippen LogP contribution is -1.98. The Morgan fingerprint density at radius 1 is 1.33 bits per heavy atom. The van der Waals surface area contributed by atoms with Crippen LogP contribution in [0.3, 0.4) is 0 Å². The fourth-order valence-corrected chi connectivity index (χ4v) is 2.15. The van der Waals surface area contributed by atoms with Crippen LogP contribution in [0.4, 0.5) is 0 Å². The van der Waals surface area contributed by atoms with Crippen molar-refractivity contribution in [3.8, 4) is 0 Å². The highest BCUT2D eigenvalue weighted by Crippen LogP contribution is 2.24. The van der Waals surface area contributed by atoms with E-state index < -0.39 is 0 Å². The van der Waals surface area contributed by atoms with Crippen LogP contribution in [-0.4, -0.2) is 13.0 Å². The van der Waals surface area contributed by atoms with Crippen LogP contribution >= 0.6 is 11.3 Å². The Labute approximate surface area is 76.1 Å². The Kier molecular flexibility index (Phi) is 1.91. The first-order valence-corrected chi connectivity index (χ1v) is 4.50. The normalized spacial score (nSPS) is 10.8. The van der Waals surface area contributed by atoms with Gasteiger partial charge in [-0.3, -0.25) is 0 Å². The summed E-state index contributed by atoms with van der Waals surface area (Å²) in [6, 6.07) is 7.76. The number of thiophene rings is 1. The monoisotopic (exact) mass is 174 g/mol. The van der Waals surface area contributed by atoms with Crippen molar-refractivity contribution < 1.29 is 5.11 Å². The van der Waals surface area contributed by atoms with Gasteiger partial charge in [0.1, 0.15) is 7.85 Å². The minimum atomic E-state index is 0.110. The lowest BCUT2D eigenvalue weighted by Gasteiger charge is -1.90. The Hall–Kier alpha value is -0.795. The van der Waals surface area contributed by atoms with Gasteiger partial charge in [-0.25, -0.2) is 0 Å². The standard InChI is InChI=1S/C9H7BOS/c10-7-2-1-6-3-8(5-11)12-9(6)4-7/h1-4,11H,5H2. The van der Waals surface area contributed by atoms with E-state index in [0.717, 1.165) is 20.4 Å². The molecule has 1 heterocycles. The minimum absolute atomic E-state index is 0.110. The van der Waals surface area contributed by atoms with Gasteiger partial charge in [-0.05, 0) is 11.5 Å². The minimum Gasteiger partial charge on any atom is -0.391 e. The summed E-state index contributed by atoms with van der Waals surface area (Å²) in [7, 11) is 5.62. The number of hydrogen-bond acceptors (Lipinski definition) is 2. The first-order valence-electron chi connectivity index (χ1n) is 3.68. The molecule has 0 aliphatic carbocycles. The number of aliphatic hydroxyl groups is 1. The topological polar surface area (TPSA) is 20.2 Å². The molecule has 2 rings (SSSR count). The number of aliphatic hydroxyl groups excluding tert-OH is 1. The fraction of sp³-hybridized carbons (Fsp3) is 0.111. The van der Waals surface area contributed by atoms with Crippen molar-refractivity contribution in [1.29, 1.82) is 0 Å². The maximum absolute atomic E-state index is 8.89. The molecule has 0 amide bonds. The fourth-order valence-electron chi connectivity index (χ4n) is 1.18. The lowest BCUT2D eigenvalue weighted by molar-refractivity contribution is 0.285. The van der Waals surface area contributed by atoms with Crippen LogP contribution in [0.2, 0.25) is 0 Å². The molecule has 0 bridgehead atoms. The molecule has 0 atom stereocenters. The summed E-state index contributed by atoms with van der Waals surface area (Å²) in [5, 5.41) is 10.0. The molecule has 12 heavy (non-hydrogen) atoms. The highest BCUT2D eigenvalue weighted by molar-refractivity contribution is 7.19. The zero-order valence-electron chi connectivity index (χ0n) is 6.45. The molecule has 0 unspecified atom stereocenters. The summed E-state index contributed by atoms with van der Waals surface area (Å²) in [5.41, 5.74) is 0.772. The molecule has 1 aromatic heterocycles. The Morgan fingerprint density at radius 3 is 2.92 bits per heavy atom. The van der Waals surface area contributed by atoms with E-state index in [9.17, 15) is 0 Å². The number of rotatable bonds is 1. The first kappa shape index (κ1) is 7.83. The quantitative estimate of drug-likeness (QED) is 0.643. The summed E-state index contributed by atoms with van der Waals surface area (Å²) >= 11 is 1.58. The summed E-state index contributed by atoms with van der Waals surface area (Å²) in [6.07, 6.45) is 0. The average molecular weight is 174 g/mol. The molecule has 0 spiro atoms. The molecule has 2 radical (unpaired) electrons. The first-order chi connectivity index (χ1) is 5.79. The van der Waals surface area contributed by atoms with Gasteiger partial charge in [-0.15, -0.1) is 11.3 Å². The van der Waals surface area contributed by atoms with Crippen LogP contribution in [0.15, 0.2) is 24.3 Å². The van der Waals surface area contributed by atoms with Crippen molar-refractivity contribution in [2.24, 2.45) is 0 Å². The van der Waals surface area contributed by atoms with E-state index in [1.54, 1.807) is 11.3 Å². The second kappa shape index (κ2) is 2.92. The summed E-state index contributed by atoms with van der Waals surface area (Å²) in [6.45, 7) is 0.110. The van der Waals surface area contributed by atoms with Gasteiger partial charge in [0, 0.05) is 9.58 Å². The van der Waals surface area contributed by atoms with Crippen LogP contribution in [0.5, 0.6) is 0 Å². The zero-order valence-corrected chi connectivity index (χ0v) is 7.27. The van der Waals surface area contributed by atoms with Crippen molar-refractivity contribution in [2.75, 3.05) is 0 Å². The molecule has 0 saturated carbocycles. The number of benzene rings is 1. The molecular formula is C9H7BOS. The van der Waals surface area contributed by atoms with Crippen molar-refractivity contribution in [3.05, 3.63) is 29.1 Å². The Balaban J connectivity index is 2.67. The van der Waals surface area contributed by atoms with Gasteiger partial charge in [0.15, 0.2) is 0 Å². The predicted octanol–water partition coefficient (Wildman–Crippen LogP) is 1.19. The average Bonchev–Trinajstić information content (AvgIpc) is 2.46. The third-order valence-electron chi connectivity index (χ3n) is 1.75. The van der Waals surface area contributed by atoms with Gasteiger partial charge in [0.2, 0.25) is 0 Å². The van der Waals surface area contributed by atoms with E-state index in [1.807, 2.05) is 24.3 Å². The van der Waals surface area contributed by atoms with Crippen molar-refractivity contribution in [3.63, 3.8) is 0 Å². The van der Waals surface area contributed by atoms with Crippen molar-refractivity contribution >= 4 is 34.7 Å². The maximum Gasteiger partial charge on any atom is 0.113 e. The smallest absolute Gasteiger partial charge is 0.113 e. The second-order valence-electron chi connectivity index (χ2n) is 2.67. The van der Waals surface area contributed by atoms with Gasteiger partial charge in [0.05, 0.1) is 6.61 Å². The highest BCUT2D eigenvalue weighted by Gasteiger charge is 1.99. The second-order valence-corrected chi connectivity index (χ2v) is 3.84. The maximum atomic E-state index is 8.89. The van der Waals surface area contributed by atoms with E-state index >= 15 is 0 Å². The molecule has 0 saturated heterocycles. The molecule has 1 N–H and O–H groups in total.